The van der Waals surface area contributed by atoms with Crippen molar-refractivity contribution in [2.75, 3.05) is 18.4 Å². The van der Waals surface area contributed by atoms with Crippen LogP contribution in [-0.2, 0) is 17.1 Å². The molecule has 0 spiro atoms. The van der Waals surface area contributed by atoms with Crippen molar-refractivity contribution in [1.82, 2.24) is 8.87 Å². The first-order valence-electron chi connectivity index (χ1n) is 8.92. The third kappa shape index (κ3) is 4.28. The standard InChI is InChI=1S/C19H24BrN3O3S/c1-13-6-7-17(16(20)9-13)21-19(24)18-10-15(12-22(18)3)27(25,26)23-8-4-5-14(2)11-23/h6-7,9-10,12,14H,4-5,8,11H2,1-3H3,(H,21,24). The fourth-order valence-electron chi connectivity index (χ4n) is 3.32. The summed E-state index contributed by atoms with van der Waals surface area (Å²) in [6, 6.07) is 7.08. The third-order valence-corrected chi connectivity index (χ3v) is 7.33. The molecule has 1 unspecified atom stereocenters. The molecule has 0 aliphatic carbocycles. The molecule has 2 heterocycles. The van der Waals surface area contributed by atoms with E-state index in [9.17, 15) is 13.2 Å². The van der Waals surface area contributed by atoms with Gasteiger partial charge in [-0.1, -0.05) is 13.0 Å². The number of amides is 1. The molecular weight excluding hydrogens is 430 g/mol. The van der Waals surface area contributed by atoms with Gasteiger partial charge in [-0.05, 0) is 65.4 Å². The van der Waals surface area contributed by atoms with Crippen molar-refractivity contribution in [3.63, 3.8) is 0 Å². The summed E-state index contributed by atoms with van der Waals surface area (Å²) in [6.07, 6.45) is 3.41. The Hall–Kier alpha value is -1.64. The lowest BCUT2D eigenvalue weighted by molar-refractivity contribution is 0.101. The number of anilines is 1. The number of aryl methyl sites for hydroxylation is 2. The molecule has 1 atom stereocenters. The average Bonchev–Trinajstić information content (AvgIpc) is 3.00. The first-order chi connectivity index (χ1) is 12.7. The summed E-state index contributed by atoms with van der Waals surface area (Å²) >= 11 is 3.44. The number of aromatic nitrogens is 1. The van der Waals surface area contributed by atoms with E-state index in [0.717, 1.165) is 22.9 Å². The highest BCUT2D eigenvalue weighted by Gasteiger charge is 2.30. The highest BCUT2D eigenvalue weighted by atomic mass is 79.9. The van der Waals surface area contributed by atoms with E-state index >= 15 is 0 Å². The van der Waals surface area contributed by atoms with Crippen molar-refractivity contribution in [2.24, 2.45) is 13.0 Å². The van der Waals surface area contributed by atoms with Crippen LogP contribution in [-0.4, -0.2) is 36.3 Å². The van der Waals surface area contributed by atoms with E-state index in [1.54, 1.807) is 11.6 Å². The van der Waals surface area contributed by atoms with Crippen molar-refractivity contribution in [3.05, 3.63) is 46.2 Å². The van der Waals surface area contributed by atoms with E-state index in [1.807, 2.05) is 25.1 Å². The number of hydrogen-bond acceptors (Lipinski definition) is 3. The second kappa shape index (κ2) is 7.77. The molecule has 1 saturated heterocycles. The predicted molar refractivity (Wildman–Crippen MR) is 109 cm³/mol. The first-order valence-corrected chi connectivity index (χ1v) is 11.2. The van der Waals surface area contributed by atoms with Gasteiger partial charge in [0.1, 0.15) is 10.6 Å². The van der Waals surface area contributed by atoms with Crippen LogP contribution in [0.4, 0.5) is 5.69 Å². The highest BCUT2D eigenvalue weighted by Crippen LogP contribution is 2.26. The molecule has 3 rings (SSSR count). The Kier molecular flexibility index (Phi) is 5.79. The number of halogens is 1. The lowest BCUT2D eigenvalue weighted by Gasteiger charge is -2.29. The lowest BCUT2D eigenvalue weighted by atomic mass is 10.0. The molecule has 1 aromatic carbocycles. The summed E-state index contributed by atoms with van der Waals surface area (Å²) in [7, 11) is -1.92. The quantitative estimate of drug-likeness (QED) is 0.765. The normalized spacial score (nSPS) is 18.4. The molecule has 1 N–H and O–H groups in total. The van der Waals surface area contributed by atoms with Gasteiger partial charge in [-0.3, -0.25) is 4.79 Å². The Labute approximate surface area is 168 Å². The predicted octanol–water partition coefficient (Wildman–Crippen LogP) is 3.77. The monoisotopic (exact) mass is 453 g/mol. The van der Waals surface area contributed by atoms with E-state index in [4.69, 9.17) is 0 Å². The van der Waals surface area contributed by atoms with Crippen molar-refractivity contribution >= 4 is 37.5 Å². The second-order valence-corrected chi connectivity index (χ2v) is 10.0. The Morgan fingerprint density at radius 2 is 2.04 bits per heavy atom. The lowest BCUT2D eigenvalue weighted by Crippen LogP contribution is -2.38. The summed E-state index contributed by atoms with van der Waals surface area (Å²) in [5.74, 6) is -0.00518. The van der Waals surface area contributed by atoms with Crippen LogP contribution >= 0.6 is 15.9 Å². The number of nitrogens with one attached hydrogen (secondary N) is 1. The minimum absolute atomic E-state index is 0.159. The minimum Gasteiger partial charge on any atom is -0.345 e. The number of carbonyl (C=O) groups is 1. The van der Waals surface area contributed by atoms with E-state index in [-0.39, 0.29) is 10.8 Å². The molecule has 27 heavy (non-hydrogen) atoms. The Morgan fingerprint density at radius 3 is 2.70 bits per heavy atom. The van der Waals surface area contributed by atoms with E-state index < -0.39 is 10.0 Å². The Morgan fingerprint density at radius 1 is 1.30 bits per heavy atom. The largest absolute Gasteiger partial charge is 0.345 e. The van der Waals surface area contributed by atoms with Crippen LogP contribution in [0.2, 0.25) is 0 Å². The molecular formula is C19H24BrN3O3S. The zero-order valence-electron chi connectivity index (χ0n) is 15.7. The van der Waals surface area contributed by atoms with Crippen molar-refractivity contribution in [2.45, 2.75) is 31.6 Å². The molecule has 1 amide bonds. The van der Waals surface area contributed by atoms with Crippen LogP contribution in [0.3, 0.4) is 0 Å². The first kappa shape index (κ1) is 20.1. The summed E-state index contributed by atoms with van der Waals surface area (Å²) in [6.45, 7) is 5.08. The number of benzene rings is 1. The average molecular weight is 454 g/mol. The molecule has 0 bridgehead atoms. The number of nitrogens with zero attached hydrogens (tertiary/aromatic N) is 2. The van der Waals surface area contributed by atoms with Crippen molar-refractivity contribution in [3.8, 4) is 0 Å². The number of carbonyl (C=O) groups excluding carboxylic acids is 1. The molecule has 1 aliphatic heterocycles. The maximum Gasteiger partial charge on any atom is 0.272 e. The SMILES string of the molecule is Cc1ccc(NC(=O)c2cc(S(=O)(=O)N3CCCC(C)C3)cn2C)c(Br)c1. The molecule has 0 saturated carbocycles. The van der Waals surface area contributed by atoms with Crippen LogP contribution < -0.4 is 5.32 Å². The summed E-state index contributed by atoms with van der Waals surface area (Å²) in [5, 5.41) is 2.83. The smallest absolute Gasteiger partial charge is 0.272 e. The molecule has 8 heteroatoms. The van der Waals surface area contributed by atoms with Gasteiger partial charge in [-0.15, -0.1) is 0 Å². The number of piperidine rings is 1. The summed E-state index contributed by atoms with van der Waals surface area (Å²) in [5.41, 5.74) is 2.01. The molecule has 1 aromatic heterocycles. The van der Waals surface area contributed by atoms with Gasteiger partial charge in [-0.2, -0.15) is 4.31 Å². The van der Waals surface area contributed by atoms with Crippen molar-refractivity contribution < 1.29 is 13.2 Å². The van der Waals surface area contributed by atoms with E-state index in [0.29, 0.717) is 30.4 Å². The fourth-order valence-corrected chi connectivity index (χ4v) is 5.59. The maximum absolute atomic E-state index is 12.9. The van der Waals surface area contributed by atoms with E-state index in [2.05, 4.69) is 28.2 Å². The van der Waals surface area contributed by atoms with Crippen LogP contribution in [0.25, 0.3) is 0 Å². The van der Waals surface area contributed by atoms with Gasteiger partial charge in [0, 0.05) is 30.8 Å². The molecule has 0 radical (unpaired) electrons. The minimum atomic E-state index is -3.59. The summed E-state index contributed by atoms with van der Waals surface area (Å²) < 4.78 is 29.7. The molecule has 2 aromatic rings. The van der Waals surface area contributed by atoms with E-state index in [1.165, 1.54) is 16.6 Å². The fraction of sp³-hybridized carbons (Fsp3) is 0.421. The van der Waals surface area contributed by atoms with Gasteiger partial charge < -0.3 is 9.88 Å². The number of rotatable bonds is 4. The third-order valence-electron chi connectivity index (χ3n) is 4.84. The van der Waals surface area contributed by atoms with Gasteiger partial charge in [0.25, 0.3) is 5.91 Å². The van der Waals surface area contributed by atoms with Gasteiger partial charge >= 0.3 is 0 Å². The van der Waals surface area contributed by atoms with Gasteiger partial charge in [-0.25, -0.2) is 8.42 Å². The Balaban J connectivity index is 1.84. The highest BCUT2D eigenvalue weighted by molar-refractivity contribution is 9.10. The molecule has 6 nitrogen and oxygen atoms in total. The van der Waals surface area contributed by atoms with Gasteiger partial charge in [0.15, 0.2) is 0 Å². The van der Waals surface area contributed by atoms with Gasteiger partial charge in [0.2, 0.25) is 10.0 Å². The topological polar surface area (TPSA) is 71.4 Å². The molecule has 1 aliphatic rings. The van der Waals surface area contributed by atoms with Crippen LogP contribution in [0.15, 0.2) is 39.8 Å². The molecule has 1 fully saturated rings. The van der Waals surface area contributed by atoms with Crippen LogP contribution in [0.5, 0.6) is 0 Å². The zero-order valence-corrected chi connectivity index (χ0v) is 18.1. The summed E-state index contributed by atoms with van der Waals surface area (Å²) in [4.78, 5) is 12.8. The van der Waals surface area contributed by atoms with Gasteiger partial charge in [0.05, 0.1) is 5.69 Å². The second-order valence-electron chi connectivity index (χ2n) is 7.22. The maximum atomic E-state index is 12.9. The Bertz CT molecular complexity index is 969. The van der Waals surface area contributed by atoms with Crippen molar-refractivity contribution in [1.29, 1.82) is 0 Å². The molecule has 146 valence electrons. The zero-order chi connectivity index (χ0) is 19.8. The number of sulfonamides is 1. The van der Waals surface area contributed by atoms with Crippen LogP contribution in [0, 0.1) is 12.8 Å². The number of hydrogen-bond donors (Lipinski definition) is 1. The van der Waals surface area contributed by atoms with Crippen LogP contribution in [0.1, 0.15) is 35.8 Å².